The van der Waals surface area contributed by atoms with Gasteiger partial charge in [-0.25, -0.2) is 4.98 Å². The minimum Gasteiger partial charge on any atom is -0.463 e. The zero-order valence-electron chi connectivity index (χ0n) is 14.2. The standard InChI is InChI=1S/C19H19N5O2/c25-19(21-17-7-1-2-10-20-17)14-5-3-11-24(13-14)18-9-8-15(22-23-18)16-6-4-12-26-16/h1-2,4,6-10,12,14H,3,5,11,13H2,(H,20,21,25). The van der Waals surface area contributed by atoms with E-state index in [4.69, 9.17) is 4.42 Å². The van der Waals surface area contributed by atoms with Gasteiger partial charge in [0.1, 0.15) is 11.5 Å². The number of aromatic nitrogens is 3. The van der Waals surface area contributed by atoms with E-state index in [1.807, 2.05) is 36.4 Å². The monoisotopic (exact) mass is 349 g/mol. The smallest absolute Gasteiger partial charge is 0.230 e. The van der Waals surface area contributed by atoms with Crippen molar-refractivity contribution in [3.8, 4) is 11.5 Å². The summed E-state index contributed by atoms with van der Waals surface area (Å²) < 4.78 is 5.34. The van der Waals surface area contributed by atoms with Gasteiger partial charge < -0.3 is 14.6 Å². The minimum atomic E-state index is -0.0997. The third kappa shape index (κ3) is 3.56. The summed E-state index contributed by atoms with van der Waals surface area (Å²) in [5.41, 5.74) is 0.695. The van der Waals surface area contributed by atoms with Crippen molar-refractivity contribution in [1.82, 2.24) is 15.2 Å². The summed E-state index contributed by atoms with van der Waals surface area (Å²) in [6, 6.07) is 12.9. The number of nitrogens with zero attached hydrogens (tertiary/aromatic N) is 4. The molecule has 0 spiro atoms. The summed E-state index contributed by atoms with van der Waals surface area (Å²) in [5.74, 6) is 1.94. The molecule has 0 aliphatic carbocycles. The average Bonchev–Trinajstić information content (AvgIpc) is 3.24. The van der Waals surface area contributed by atoms with Gasteiger partial charge in [-0.05, 0) is 49.2 Å². The molecule has 0 bridgehead atoms. The maximum atomic E-state index is 12.5. The van der Waals surface area contributed by atoms with Crippen molar-refractivity contribution in [2.75, 3.05) is 23.3 Å². The maximum Gasteiger partial charge on any atom is 0.230 e. The number of nitrogens with one attached hydrogen (secondary N) is 1. The lowest BCUT2D eigenvalue weighted by Crippen LogP contribution is -2.41. The van der Waals surface area contributed by atoms with Crippen LogP contribution >= 0.6 is 0 Å². The quantitative estimate of drug-likeness (QED) is 0.779. The number of anilines is 2. The number of carbonyl (C=O) groups excluding carboxylic acids is 1. The summed E-state index contributed by atoms with van der Waals surface area (Å²) in [4.78, 5) is 18.8. The molecule has 26 heavy (non-hydrogen) atoms. The molecule has 1 amide bonds. The Morgan fingerprint density at radius 3 is 2.85 bits per heavy atom. The lowest BCUT2D eigenvalue weighted by molar-refractivity contribution is -0.120. The molecule has 7 heteroatoms. The molecule has 7 nitrogen and oxygen atoms in total. The summed E-state index contributed by atoms with van der Waals surface area (Å²) in [5, 5.41) is 11.4. The van der Waals surface area contributed by atoms with Crippen LogP contribution < -0.4 is 10.2 Å². The van der Waals surface area contributed by atoms with E-state index in [9.17, 15) is 4.79 Å². The number of furan rings is 1. The van der Waals surface area contributed by atoms with Crippen LogP contribution in [0.25, 0.3) is 11.5 Å². The number of hydrogen-bond donors (Lipinski definition) is 1. The predicted octanol–water partition coefficient (Wildman–Crippen LogP) is 2.99. The molecule has 1 aliphatic rings. The molecule has 1 unspecified atom stereocenters. The third-order valence-corrected chi connectivity index (χ3v) is 4.46. The fourth-order valence-corrected chi connectivity index (χ4v) is 3.11. The molecule has 1 atom stereocenters. The molecule has 3 aromatic heterocycles. The van der Waals surface area contributed by atoms with E-state index >= 15 is 0 Å². The van der Waals surface area contributed by atoms with Gasteiger partial charge in [-0.1, -0.05) is 6.07 Å². The second-order valence-corrected chi connectivity index (χ2v) is 6.24. The van der Waals surface area contributed by atoms with Crippen LogP contribution in [0.3, 0.4) is 0 Å². The summed E-state index contributed by atoms with van der Waals surface area (Å²) >= 11 is 0. The van der Waals surface area contributed by atoms with Crippen LogP contribution in [-0.4, -0.2) is 34.2 Å². The first-order valence-electron chi connectivity index (χ1n) is 8.64. The molecular weight excluding hydrogens is 330 g/mol. The highest BCUT2D eigenvalue weighted by Gasteiger charge is 2.27. The lowest BCUT2D eigenvalue weighted by Gasteiger charge is -2.32. The van der Waals surface area contributed by atoms with Crippen LogP contribution in [0.2, 0.25) is 0 Å². The number of hydrogen-bond acceptors (Lipinski definition) is 6. The van der Waals surface area contributed by atoms with Crippen LogP contribution in [0.5, 0.6) is 0 Å². The van der Waals surface area contributed by atoms with Crippen LogP contribution in [0.4, 0.5) is 11.6 Å². The maximum absolute atomic E-state index is 12.5. The van der Waals surface area contributed by atoms with Crippen molar-refractivity contribution in [2.45, 2.75) is 12.8 Å². The summed E-state index contributed by atoms with van der Waals surface area (Å²) in [6.45, 7) is 1.48. The molecule has 1 saturated heterocycles. The number of carbonyl (C=O) groups is 1. The number of piperidine rings is 1. The summed E-state index contributed by atoms with van der Waals surface area (Å²) in [7, 11) is 0. The van der Waals surface area contributed by atoms with E-state index in [1.54, 1.807) is 18.5 Å². The fourth-order valence-electron chi connectivity index (χ4n) is 3.11. The molecule has 4 heterocycles. The van der Waals surface area contributed by atoms with Crippen molar-refractivity contribution in [3.05, 3.63) is 54.9 Å². The zero-order chi connectivity index (χ0) is 17.8. The van der Waals surface area contributed by atoms with Crippen molar-refractivity contribution >= 4 is 17.5 Å². The van der Waals surface area contributed by atoms with Gasteiger partial charge in [0.15, 0.2) is 11.6 Å². The van der Waals surface area contributed by atoms with Gasteiger partial charge in [-0.2, -0.15) is 0 Å². The third-order valence-electron chi connectivity index (χ3n) is 4.46. The van der Waals surface area contributed by atoms with Crippen molar-refractivity contribution in [1.29, 1.82) is 0 Å². The molecule has 0 aromatic carbocycles. The Labute approximate surface area is 151 Å². The van der Waals surface area contributed by atoms with Gasteiger partial charge in [0.2, 0.25) is 5.91 Å². The molecule has 132 valence electrons. The number of rotatable bonds is 4. The van der Waals surface area contributed by atoms with E-state index in [1.165, 1.54) is 0 Å². The fraction of sp³-hybridized carbons (Fsp3) is 0.263. The van der Waals surface area contributed by atoms with E-state index in [-0.39, 0.29) is 11.8 Å². The summed E-state index contributed by atoms with van der Waals surface area (Å²) in [6.07, 6.45) is 5.06. The van der Waals surface area contributed by atoms with E-state index < -0.39 is 0 Å². The molecule has 1 fully saturated rings. The van der Waals surface area contributed by atoms with Crippen LogP contribution in [0.15, 0.2) is 59.3 Å². The van der Waals surface area contributed by atoms with Crippen molar-refractivity contribution < 1.29 is 9.21 Å². The van der Waals surface area contributed by atoms with Crippen LogP contribution in [-0.2, 0) is 4.79 Å². The Kier molecular flexibility index (Phi) is 4.59. The Bertz CT molecular complexity index is 849. The molecule has 0 saturated carbocycles. The largest absolute Gasteiger partial charge is 0.463 e. The normalized spacial score (nSPS) is 17.1. The van der Waals surface area contributed by atoms with Gasteiger partial charge in [0, 0.05) is 19.3 Å². The minimum absolute atomic E-state index is 0.00596. The van der Waals surface area contributed by atoms with Gasteiger partial charge in [-0.15, -0.1) is 10.2 Å². The second-order valence-electron chi connectivity index (χ2n) is 6.24. The van der Waals surface area contributed by atoms with Gasteiger partial charge >= 0.3 is 0 Å². The molecule has 0 radical (unpaired) electrons. The first-order chi connectivity index (χ1) is 12.8. The molecule has 3 aromatic rings. The lowest BCUT2D eigenvalue weighted by atomic mass is 9.97. The first-order valence-corrected chi connectivity index (χ1v) is 8.64. The Morgan fingerprint density at radius 2 is 2.12 bits per heavy atom. The van der Waals surface area contributed by atoms with Crippen molar-refractivity contribution in [3.63, 3.8) is 0 Å². The molecule has 4 rings (SSSR count). The Hall–Kier alpha value is -3.22. The second kappa shape index (κ2) is 7.35. The average molecular weight is 349 g/mol. The highest BCUT2D eigenvalue weighted by atomic mass is 16.3. The highest BCUT2D eigenvalue weighted by molar-refractivity contribution is 5.92. The number of amides is 1. The molecule has 1 N–H and O–H groups in total. The van der Waals surface area contributed by atoms with Crippen LogP contribution in [0, 0.1) is 5.92 Å². The Morgan fingerprint density at radius 1 is 1.15 bits per heavy atom. The number of pyridine rings is 1. The van der Waals surface area contributed by atoms with Crippen molar-refractivity contribution in [2.24, 2.45) is 5.92 Å². The van der Waals surface area contributed by atoms with E-state index in [0.29, 0.717) is 23.8 Å². The van der Waals surface area contributed by atoms with Crippen LogP contribution in [0.1, 0.15) is 12.8 Å². The van der Waals surface area contributed by atoms with Gasteiger partial charge in [-0.3, -0.25) is 4.79 Å². The Balaban J connectivity index is 1.42. The predicted molar refractivity (Wildman–Crippen MR) is 97.5 cm³/mol. The van der Waals surface area contributed by atoms with E-state index in [2.05, 4.69) is 25.4 Å². The molecule has 1 aliphatic heterocycles. The SMILES string of the molecule is O=C(Nc1ccccn1)C1CCCN(c2ccc(-c3ccco3)nn2)C1. The first kappa shape index (κ1) is 16.3. The zero-order valence-corrected chi connectivity index (χ0v) is 14.2. The van der Waals surface area contributed by atoms with Gasteiger partial charge in [0.05, 0.1) is 12.2 Å². The topological polar surface area (TPSA) is 84.2 Å². The van der Waals surface area contributed by atoms with Gasteiger partial charge in [0.25, 0.3) is 0 Å². The molecular formula is C19H19N5O2. The highest BCUT2D eigenvalue weighted by Crippen LogP contribution is 2.24. The van der Waals surface area contributed by atoms with E-state index in [0.717, 1.165) is 25.2 Å².